The summed E-state index contributed by atoms with van der Waals surface area (Å²) in [5.74, 6) is -0.662. The Morgan fingerprint density at radius 3 is 2.06 bits per heavy atom. The number of benzene rings is 2. The van der Waals surface area contributed by atoms with Gasteiger partial charge in [-0.2, -0.15) is 9.03 Å². The van der Waals surface area contributed by atoms with Crippen molar-refractivity contribution in [1.29, 1.82) is 0 Å². The van der Waals surface area contributed by atoms with Crippen molar-refractivity contribution in [1.82, 2.24) is 13.9 Å². The van der Waals surface area contributed by atoms with Crippen LogP contribution in [0.15, 0.2) is 64.4 Å². The number of sulfonamides is 2. The molecule has 3 rings (SSSR count). The monoisotopic (exact) mass is 479 g/mol. The summed E-state index contributed by atoms with van der Waals surface area (Å²) in [6, 6.07) is 12.6. The van der Waals surface area contributed by atoms with E-state index < -0.39 is 32.0 Å². The molecule has 0 bridgehead atoms. The van der Waals surface area contributed by atoms with Gasteiger partial charge in [0.05, 0.1) is 15.8 Å². The van der Waals surface area contributed by atoms with Crippen molar-refractivity contribution in [2.24, 2.45) is 0 Å². The Labute approximate surface area is 188 Å². The predicted molar refractivity (Wildman–Crippen MR) is 118 cm³/mol. The smallest absolute Gasteiger partial charge is 0.243 e. The number of hydrogen-bond acceptors (Lipinski definition) is 6. The lowest BCUT2D eigenvalue weighted by Gasteiger charge is -2.35. The number of amides is 1. The first kappa shape index (κ1) is 24.1. The van der Waals surface area contributed by atoms with E-state index in [0.717, 1.165) is 0 Å². The molecular weight excluding hydrogens is 454 g/mol. The van der Waals surface area contributed by atoms with E-state index in [4.69, 9.17) is 0 Å². The van der Waals surface area contributed by atoms with Crippen LogP contribution in [0.25, 0.3) is 0 Å². The van der Waals surface area contributed by atoms with Gasteiger partial charge in [-0.1, -0.05) is 30.3 Å². The molecule has 2 aromatic rings. The first-order valence-electron chi connectivity index (χ1n) is 10.00. The van der Waals surface area contributed by atoms with Crippen LogP contribution in [-0.4, -0.2) is 70.0 Å². The topological polar surface area (TPSA) is 121 Å². The van der Waals surface area contributed by atoms with Gasteiger partial charge in [-0.25, -0.2) is 16.8 Å². The van der Waals surface area contributed by atoms with Gasteiger partial charge in [0.15, 0.2) is 5.78 Å². The van der Waals surface area contributed by atoms with Crippen LogP contribution in [0.4, 0.5) is 0 Å². The molecule has 0 aromatic heterocycles. The summed E-state index contributed by atoms with van der Waals surface area (Å²) in [4.78, 5) is 25.8. The molecule has 0 saturated carbocycles. The van der Waals surface area contributed by atoms with Crippen molar-refractivity contribution in [2.75, 3.05) is 26.2 Å². The number of nitrogens with one attached hydrogen (secondary N) is 1. The molecule has 1 amide bonds. The summed E-state index contributed by atoms with van der Waals surface area (Å²) in [6.45, 7) is 3.21. The quantitative estimate of drug-likeness (QED) is 0.594. The Hall–Kier alpha value is -2.60. The van der Waals surface area contributed by atoms with E-state index in [1.807, 2.05) is 0 Å². The van der Waals surface area contributed by atoms with Crippen LogP contribution in [0.2, 0.25) is 0 Å². The Morgan fingerprint density at radius 2 is 1.47 bits per heavy atom. The van der Waals surface area contributed by atoms with Crippen LogP contribution in [0.5, 0.6) is 0 Å². The van der Waals surface area contributed by atoms with E-state index in [2.05, 4.69) is 4.72 Å². The van der Waals surface area contributed by atoms with Crippen molar-refractivity contribution in [3.05, 3.63) is 60.2 Å². The van der Waals surface area contributed by atoms with Gasteiger partial charge in [0.25, 0.3) is 0 Å². The fraction of sp³-hybridized carbons (Fsp3) is 0.333. The van der Waals surface area contributed by atoms with E-state index in [-0.39, 0.29) is 41.8 Å². The van der Waals surface area contributed by atoms with E-state index >= 15 is 0 Å². The molecule has 1 aliphatic rings. The molecule has 9 nitrogen and oxygen atoms in total. The molecule has 1 heterocycles. The second-order valence-corrected chi connectivity index (χ2v) is 11.1. The maximum atomic E-state index is 12.9. The Kier molecular flexibility index (Phi) is 7.13. The van der Waals surface area contributed by atoms with Crippen molar-refractivity contribution in [3.63, 3.8) is 0 Å². The summed E-state index contributed by atoms with van der Waals surface area (Å²) in [7, 11) is -7.68. The third-order valence-electron chi connectivity index (χ3n) is 5.18. The average molecular weight is 480 g/mol. The van der Waals surface area contributed by atoms with E-state index in [9.17, 15) is 26.4 Å². The van der Waals surface area contributed by atoms with Crippen molar-refractivity contribution in [3.8, 4) is 0 Å². The Balaban J connectivity index is 1.64. The minimum Gasteiger partial charge on any atom is -0.339 e. The third kappa shape index (κ3) is 5.23. The molecule has 0 aliphatic carbocycles. The maximum absolute atomic E-state index is 12.9. The summed E-state index contributed by atoms with van der Waals surface area (Å²) < 4.78 is 54.4. The maximum Gasteiger partial charge on any atom is 0.243 e. The van der Waals surface area contributed by atoms with Crippen LogP contribution >= 0.6 is 0 Å². The normalized spacial score (nSPS) is 16.5. The van der Waals surface area contributed by atoms with Crippen LogP contribution in [0.3, 0.4) is 0 Å². The van der Waals surface area contributed by atoms with Gasteiger partial charge in [0.1, 0.15) is 0 Å². The number of carbonyl (C=O) groups is 2. The summed E-state index contributed by atoms with van der Waals surface area (Å²) >= 11 is 0. The summed E-state index contributed by atoms with van der Waals surface area (Å²) in [5.41, 5.74) is 0.305. The molecule has 0 spiro atoms. The van der Waals surface area contributed by atoms with Gasteiger partial charge >= 0.3 is 0 Å². The molecule has 32 heavy (non-hydrogen) atoms. The number of carbonyl (C=O) groups excluding carboxylic acids is 2. The second-order valence-electron chi connectivity index (χ2n) is 7.47. The molecule has 0 radical (unpaired) electrons. The lowest BCUT2D eigenvalue weighted by molar-refractivity contribution is -0.133. The number of hydrogen-bond donors (Lipinski definition) is 1. The number of piperazine rings is 1. The van der Waals surface area contributed by atoms with Crippen molar-refractivity contribution in [2.45, 2.75) is 29.7 Å². The number of rotatable bonds is 7. The standard InChI is InChI=1S/C21H25N3O6S2/c1-16(22-31(27,28)19-8-4-3-5-9-19)21(26)23-11-13-24(14-12-23)32(29,30)20-10-6-7-18(15-20)17(2)25/h3-10,15-16,22H,11-14H2,1-2H3/t16-/m0/s1. The van der Waals surface area contributed by atoms with Crippen LogP contribution in [-0.2, 0) is 24.8 Å². The van der Waals surface area contributed by atoms with E-state index in [1.54, 1.807) is 24.3 Å². The van der Waals surface area contributed by atoms with Crippen LogP contribution in [0, 0.1) is 0 Å². The average Bonchev–Trinajstić information content (AvgIpc) is 2.79. The highest BCUT2D eigenvalue weighted by molar-refractivity contribution is 7.89. The molecule has 1 saturated heterocycles. The van der Waals surface area contributed by atoms with Crippen molar-refractivity contribution < 1.29 is 26.4 Å². The molecule has 1 fully saturated rings. The minimum absolute atomic E-state index is 0.0222. The molecule has 172 valence electrons. The highest BCUT2D eigenvalue weighted by Gasteiger charge is 2.33. The van der Waals surface area contributed by atoms with Gasteiger partial charge < -0.3 is 4.90 Å². The zero-order valence-corrected chi connectivity index (χ0v) is 19.4. The zero-order chi connectivity index (χ0) is 23.5. The molecule has 1 aliphatic heterocycles. The predicted octanol–water partition coefficient (Wildman–Crippen LogP) is 1.09. The Bertz CT molecular complexity index is 1210. The molecule has 1 atom stereocenters. The Morgan fingerprint density at radius 1 is 0.875 bits per heavy atom. The number of Topliss-reactive ketones (excluding diaryl/α,β-unsaturated/α-hetero) is 1. The van der Waals surface area contributed by atoms with Gasteiger partial charge in [0, 0.05) is 31.7 Å². The number of nitrogens with zero attached hydrogens (tertiary/aromatic N) is 2. The van der Waals surface area contributed by atoms with Crippen molar-refractivity contribution >= 4 is 31.7 Å². The lowest BCUT2D eigenvalue weighted by atomic mass is 10.2. The van der Waals surface area contributed by atoms with Crippen LogP contribution in [0.1, 0.15) is 24.2 Å². The third-order valence-corrected chi connectivity index (χ3v) is 8.64. The highest BCUT2D eigenvalue weighted by atomic mass is 32.2. The molecule has 1 N–H and O–H groups in total. The molecule has 0 unspecified atom stereocenters. The molecule has 2 aromatic carbocycles. The first-order valence-corrected chi connectivity index (χ1v) is 12.9. The second kappa shape index (κ2) is 9.49. The van der Waals surface area contributed by atoms with E-state index in [1.165, 1.54) is 53.4 Å². The first-order chi connectivity index (χ1) is 15.0. The largest absolute Gasteiger partial charge is 0.339 e. The zero-order valence-electron chi connectivity index (χ0n) is 17.8. The van der Waals surface area contributed by atoms with Gasteiger partial charge in [-0.3, -0.25) is 9.59 Å². The molecule has 11 heteroatoms. The van der Waals surface area contributed by atoms with E-state index in [0.29, 0.717) is 5.56 Å². The van der Waals surface area contributed by atoms with Gasteiger partial charge in [-0.15, -0.1) is 0 Å². The van der Waals surface area contributed by atoms with Crippen LogP contribution < -0.4 is 4.72 Å². The highest BCUT2D eigenvalue weighted by Crippen LogP contribution is 2.20. The lowest BCUT2D eigenvalue weighted by Crippen LogP contribution is -2.55. The summed E-state index contributed by atoms with van der Waals surface area (Å²) in [5, 5.41) is 0. The van der Waals surface area contributed by atoms with Gasteiger partial charge in [-0.05, 0) is 38.1 Å². The van der Waals surface area contributed by atoms with Gasteiger partial charge in [0.2, 0.25) is 26.0 Å². The minimum atomic E-state index is -3.86. The fourth-order valence-corrected chi connectivity index (χ4v) is 6.08. The number of ketones is 1. The SMILES string of the molecule is CC(=O)c1cccc(S(=O)(=O)N2CCN(C(=O)[C@H](C)NS(=O)(=O)c3ccccc3)CC2)c1. The molecular formula is C21H25N3O6S2. The summed E-state index contributed by atoms with van der Waals surface area (Å²) in [6.07, 6.45) is 0. The fourth-order valence-electron chi connectivity index (χ4n) is 3.40.